The summed E-state index contributed by atoms with van der Waals surface area (Å²) in [5.74, 6) is 0.0146. The number of urea groups is 1. The first-order valence-electron chi connectivity index (χ1n) is 4.80. The summed E-state index contributed by atoms with van der Waals surface area (Å²) >= 11 is 5.24. The average molecular weight is 245 g/mol. The highest BCUT2D eigenvalue weighted by Gasteiger charge is 2.11. The van der Waals surface area contributed by atoms with E-state index in [1.165, 1.54) is 0 Å². The Morgan fingerprint density at radius 2 is 2.31 bits per heavy atom. The van der Waals surface area contributed by atoms with Crippen molar-refractivity contribution in [3.63, 3.8) is 0 Å². The molecule has 0 spiro atoms. The number of rotatable bonds is 4. The number of halogens is 1. The summed E-state index contributed by atoms with van der Waals surface area (Å²) in [7, 11) is 0. The SMILES string of the molecule is CC(Cc1ccco1)NC(=O)NC(=O)CCl. The molecule has 0 fully saturated rings. The van der Waals surface area contributed by atoms with Gasteiger partial charge in [-0.15, -0.1) is 11.6 Å². The lowest BCUT2D eigenvalue weighted by Crippen LogP contribution is -2.44. The van der Waals surface area contributed by atoms with Gasteiger partial charge in [0, 0.05) is 12.5 Å². The molecule has 0 aliphatic rings. The molecule has 5 nitrogen and oxygen atoms in total. The third-order valence-electron chi connectivity index (χ3n) is 1.84. The summed E-state index contributed by atoms with van der Waals surface area (Å²) in [6, 6.07) is 2.91. The molecule has 0 aliphatic carbocycles. The molecule has 16 heavy (non-hydrogen) atoms. The zero-order valence-corrected chi connectivity index (χ0v) is 9.58. The Labute approximate surface area is 98.1 Å². The van der Waals surface area contributed by atoms with Crippen LogP contribution in [0.5, 0.6) is 0 Å². The number of nitrogens with one attached hydrogen (secondary N) is 2. The van der Waals surface area contributed by atoms with Gasteiger partial charge < -0.3 is 9.73 Å². The Hall–Kier alpha value is -1.49. The van der Waals surface area contributed by atoms with E-state index < -0.39 is 11.9 Å². The number of carbonyl (C=O) groups excluding carboxylic acids is 2. The molecule has 1 unspecified atom stereocenters. The summed E-state index contributed by atoms with van der Waals surface area (Å²) in [5.41, 5.74) is 0. The lowest BCUT2D eigenvalue weighted by atomic mass is 10.2. The van der Waals surface area contributed by atoms with Crippen molar-refractivity contribution >= 4 is 23.5 Å². The van der Waals surface area contributed by atoms with Gasteiger partial charge in [-0.25, -0.2) is 4.79 Å². The van der Waals surface area contributed by atoms with Gasteiger partial charge in [0.15, 0.2) is 0 Å². The molecule has 1 heterocycles. The minimum absolute atomic E-state index is 0.130. The standard InChI is InChI=1S/C10H13ClN2O3/c1-7(5-8-3-2-4-16-8)12-10(15)13-9(14)6-11/h2-4,7H,5-6H2,1H3,(H2,12,13,14,15). The van der Waals surface area contributed by atoms with Crippen LogP contribution < -0.4 is 10.6 Å². The fraction of sp³-hybridized carbons (Fsp3) is 0.400. The Morgan fingerprint density at radius 1 is 1.56 bits per heavy atom. The van der Waals surface area contributed by atoms with Crippen LogP contribution in [-0.4, -0.2) is 23.9 Å². The third kappa shape index (κ3) is 4.35. The van der Waals surface area contributed by atoms with Crippen LogP contribution in [0.4, 0.5) is 4.79 Å². The Balaban J connectivity index is 2.31. The van der Waals surface area contributed by atoms with E-state index in [1.807, 2.05) is 13.0 Å². The highest BCUT2D eigenvalue weighted by atomic mass is 35.5. The molecule has 1 rings (SSSR count). The number of hydrogen-bond acceptors (Lipinski definition) is 3. The molecular formula is C10H13ClN2O3. The molecule has 3 amide bonds. The lowest BCUT2D eigenvalue weighted by Gasteiger charge is -2.12. The first-order chi connectivity index (χ1) is 7.61. The van der Waals surface area contributed by atoms with Gasteiger partial charge in [-0.2, -0.15) is 0 Å². The monoisotopic (exact) mass is 244 g/mol. The molecule has 2 N–H and O–H groups in total. The van der Waals surface area contributed by atoms with Gasteiger partial charge in [0.05, 0.1) is 6.26 Å². The van der Waals surface area contributed by atoms with Crippen molar-refractivity contribution in [2.45, 2.75) is 19.4 Å². The van der Waals surface area contributed by atoms with Gasteiger partial charge in [0.25, 0.3) is 0 Å². The fourth-order valence-electron chi connectivity index (χ4n) is 1.20. The second-order valence-electron chi connectivity index (χ2n) is 3.34. The van der Waals surface area contributed by atoms with Crippen molar-refractivity contribution in [3.8, 4) is 0 Å². The fourth-order valence-corrected chi connectivity index (χ4v) is 1.27. The van der Waals surface area contributed by atoms with Crippen LogP contribution in [0.15, 0.2) is 22.8 Å². The molecular weight excluding hydrogens is 232 g/mol. The maximum atomic E-state index is 11.2. The number of imide groups is 1. The van der Waals surface area contributed by atoms with Gasteiger partial charge >= 0.3 is 6.03 Å². The van der Waals surface area contributed by atoms with Crippen molar-refractivity contribution in [3.05, 3.63) is 24.2 Å². The molecule has 0 saturated heterocycles. The molecule has 1 atom stereocenters. The number of amides is 3. The third-order valence-corrected chi connectivity index (χ3v) is 2.08. The lowest BCUT2D eigenvalue weighted by molar-refractivity contribution is -0.117. The summed E-state index contributed by atoms with van der Waals surface area (Å²) in [4.78, 5) is 22.0. The zero-order chi connectivity index (χ0) is 12.0. The predicted octanol–water partition coefficient (Wildman–Crippen LogP) is 1.28. The minimum Gasteiger partial charge on any atom is -0.469 e. The van der Waals surface area contributed by atoms with Crippen molar-refractivity contribution in [1.29, 1.82) is 0 Å². The van der Waals surface area contributed by atoms with Crippen LogP contribution in [0.25, 0.3) is 0 Å². The van der Waals surface area contributed by atoms with Crippen LogP contribution in [0.2, 0.25) is 0 Å². The molecule has 0 bridgehead atoms. The second kappa shape index (κ2) is 6.17. The van der Waals surface area contributed by atoms with Crippen molar-refractivity contribution in [1.82, 2.24) is 10.6 Å². The van der Waals surface area contributed by atoms with E-state index in [2.05, 4.69) is 10.6 Å². The Morgan fingerprint density at radius 3 is 2.88 bits per heavy atom. The second-order valence-corrected chi connectivity index (χ2v) is 3.61. The van der Waals surface area contributed by atoms with Crippen molar-refractivity contribution < 1.29 is 14.0 Å². The maximum absolute atomic E-state index is 11.2. The van der Waals surface area contributed by atoms with E-state index in [0.717, 1.165) is 5.76 Å². The van der Waals surface area contributed by atoms with Crippen LogP contribution >= 0.6 is 11.6 Å². The number of carbonyl (C=O) groups is 2. The van der Waals surface area contributed by atoms with Crippen molar-refractivity contribution in [2.24, 2.45) is 0 Å². The molecule has 6 heteroatoms. The molecule has 0 aliphatic heterocycles. The highest BCUT2D eigenvalue weighted by molar-refractivity contribution is 6.28. The number of hydrogen-bond donors (Lipinski definition) is 2. The van der Waals surface area contributed by atoms with Crippen molar-refractivity contribution in [2.75, 3.05) is 5.88 Å². The summed E-state index contributed by atoms with van der Waals surface area (Å²) in [6.07, 6.45) is 2.13. The topological polar surface area (TPSA) is 71.3 Å². The molecule has 0 radical (unpaired) electrons. The van der Waals surface area contributed by atoms with Gasteiger partial charge in [0.2, 0.25) is 5.91 Å². The smallest absolute Gasteiger partial charge is 0.321 e. The van der Waals surface area contributed by atoms with E-state index in [1.54, 1.807) is 12.3 Å². The number of furan rings is 1. The van der Waals surface area contributed by atoms with Gasteiger partial charge in [-0.05, 0) is 19.1 Å². The predicted molar refractivity (Wildman–Crippen MR) is 59.3 cm³/mol. The van der Waals surface area contributed by atoms with Gasteiger partial charge in [0.1, 0.15) is 11.6 Å². The maximum Gasteiger partial charge on any atom is 0.321 e. The molecule has 88 valence electrons. The average Bonchev–Trinajstić information content (AvgIpc) is 2.69. The first-order valence-corrected chi connectivity index (χ1v) is 5.34. The van der Waals surface area contributed by atoms with Crippen LogP contribution in [0, 0.1) is 0 Å². The van der Waals surface area contributed by atoms with Crippen LogP contribution in [0.1, 0.15) is 12.7 Å². The number of alkyl halides is 1. The van der Waals surface area contributed by atoms with Crippen LogP contribution in [0.3, 0.4) is 0 Å². The van der Waals surface area contributed by atoms with E-state index >= 15 is 0 Å². The largest absolute Gasteiger partial charge is 0.469 e. The van der Waals surface area contributed by atoms with Crippen LogP contribution in [-0.2, 0) is 11.2 Å². The molecule has 0 aromatic carbocycles. The summed E-state index contributed by atoms with van der Waals surface area (Å²) < 4.78 is 5.13. The summed E-state index contributed by atoms with van der Waals surface area (Å²) in [5, 5.41) is 4.68. The quantitative estimate of drug-likeness (QED) is 0.784. The highest BCUT2D eigenvalue weighted by Crippen LogP contribution is 2.03. The Bertz CT molecular complexity index is 351. The molecule has 0 saturated carbocycles. The van der Waals surface area contributed by atoms with E-state index in [4.69, 9.17) is 16.0 Å². The summed E-state index contributed by atoms with van der Waals surface area (Å²) in [6.45, 7) is 1.81. The normalized spacial score (nSPS) is 11.9. The molecule has 1 aromatic rings. The van der Waals surface area contributed by atoms with E-state index in [-0.39, 0.29) is 11.9 Å². The first kappa shape index (κ1) is 12.6. The van der Waals surface area contributed by atoms with E-state index in [9.17, 15) is 9.59 Å². The van der Waals surface area contributed by atoms with Gasteiger partial charge in [-0.3, -0.25) is 10.1 Å². The zero-order valence-electron chi connectivity index (χ0n) is 8.83. The Kier molecular flexibility index (Phi) is 4.85. The minimum atomic E-state index is -0.551. The van der Waals surface area contributed by atoms with Gasteiger partial charge in [-0.1, -0.05) is 0 Å². The molecule has 1 aromatic heterocycles. The van der Waals surface area contributed by atoms with E-state index in [0.29, 0.717) is 6.42 Å².